The smallest absolute Gasteiger partial charge is 0.233 e. The fourth-order valence-electron chi connectivity index (χ4n) is 3.43. The van der Waals surface area contributed by atoms with Crippen molar-refractivity contribution in [3.05, 3.63) is 29.8 Å². The molecule has 2 aromatic rings. The van der Waals surface area contributed by atoms with Gasteiger partial charge in [-0.3, -0.25) is 4.79 Å². The third-order valence-electron chi connectivity index (χ3n) is 5.47. The van der Waals surface area contributed by atoms with Gasteiger partial charge in [-0.15, -0.1) is 10.2 Å². The molecule has 0 bridgehead atoms. The lowest BCUT2D eigenvalue weighted by atomic mass is 9.78. The first-order chi connectivity index (χ1) is 12.9. The molecule has 7 heteroatoms. The maximum absolute atomic E-state index is 12.6. The van der Waals surface area contributed by atoms with Gasteiger partial charge in [-0.2, -0.15) is 0 Å². The normalized spacial score (nSPS) is 23.6. The average molecular weight is 405 g/mol. The standard InChI is InChI=1S/C20H28N4OS2/c1-12-9-7-11-17(14(12)3)21-18(25)15(4)26-20-24-23-19(27-20)22-16-10-6-5-8-13(16)2/h5-6,8,10,12,14-15,17H,7,9,11H2,1-4H3,(H,21,25)(H,22,23)/t12-,14-,15-,17-/m0/s1. The summed E-state index contributed by atoms with van der Waals surface area (Å²) < 4.78 is 0.804. The molecular formula is C20H28N4OS2. The van der Waals surface area contributed by atoms with E-state index in [-0.39, 0.29) is 17.2 Å². The predicted octanol–water partition coefficient (Wildman–Crippen LogP) is 5.01. The Morgan fingerprint density at radius 1 is 1.26 bits per heavy atom. The van der Waals surface area contributed by atoms with Gasteiger partial charge in [0.05, 0.1) is 5.25 Å². The second-order valence-corrected chi connectivity index (χ2v) is 10.0. The number of aromatic nitrogens is 2. The minimum absolute atomic E-state index is 0.0922. The number of thioether (sulfide) groups is 1. The molecule has 27 heavy (non-hydrogen) atoms. The molecule has 0 spiro atoms. The van der Waals surface area contributed by atoms with E-state index in [1.807, 2.05) is 25.1 Å². The Morgan fingerprint density at radius 2 is 2.04 bits per heavy atom. The van der Waals surface area contributed by atoms with Crippen molar-refractivity contribution in [1.29, 1.82) is 0 Å². The molecule has 0 aliphatic heterocycles. The lowest BCUT2D eigenvalue weighted by Crippen LogP contribution is -2.46. The van der Waals surface area contributed by atoms with E-state index in [9.17, 15) is 4.79 Å². The van der Waals surface area contributed by atoms with Crippen LogP contribution in [0.3, 0.4) is 0 Å². The van der Waals surface area contributed by atoms with Gasteiger partial charge in [0.25, 0.3) is 0 Å². The minimum Gasteiger partial charge on any atom is -0.352 e. The summed E-state index contributed by atoms with van der Waals surface area (Å²) in [6, 6.07) is 8.36. The van der Waals surface area contributed by atoms with E-state index in [4.69, 9.17) is 0 Å². The second-order valence-electron chi connectivity index (χ2n) is 7.46. The summed E-state index contributed by atoms with van der Waals surface area (Å²) in [6.07, 6.45) is 3.54. The van der Waals surface area contributed by atoms with Crippen LogP contribution in [0.5, 0.6) is 0 Å². The lowest BCUT2D eigenvalue weighted by Gasteiger charge is -2.35. The molecule has 1 fully saturated rings. The summed E-state index contributed by atoms with van der Waals surface area (Å²) in [5.74, 6) is 1.30. The Balaban J connectivity index is 1.55. The van der Waals surface area contributed by atoms with E-state index < -0.39 is 0 Å². The number of para-hydroxylation sites is 1. The molecule has 1 amide bonds. The van der Waals surface area contributed by atoms with Crippen molar-refractivity contribution in [2.24, 2.45) is 11.8 Å². The highest BCUT2D eigenvalue weighted by Gasteiger charge is 2.29. The quantitative estimate of drug-likeness (QED) is 0.662. The number of aryl methyl sites for hydroxylation is 1. The van der Waals surface area contributed by atoms with Gasteiger partial charge in [0.2, 0.25) is 11.0 Å². The van der Waals surface area contributed by atoms with Crippen LogP contribution < -0.4 is 10.6 Å². The zero-order chi connectivity index (χ0) is 19.4. The summed E-state index contributed by atoms with van der Waals surface area (Å²) in [5.41, 5.74) is 2.18. The van der Waals surface area contributed by atoms with E-state index in [0.29, 0.717) is 11.8 Å². The molecule has 1 heterocycles. The Hall–Kier alpha value is -1.60. The maximum atomic E-state index is 12.6. The van der Waals surface area contributed by atoms with Crippen molar-refractivity contribution in [3.63, 3.8) is 0 Å². The van der Waals surface area contributed by atoms with E-state index in [1.165, 1.54) is 35.9 Å². The molecule has 3 rings (SSSR count). The van der Waals surface area contributed by atoms with E-state index >= 15 is 0 Å². The molecule has 1 aromatic carbocycles. The largest absolute Gasteiger partial charge is 0.352 e. The Bertz CT molecular complexity index is 779. The van der Waals surface area contributed by atoms with Gasteiger partial charge >= 0.3 is 0 Å². The summed E-state index contributed by atoms with van der Waals surface area (Å²) >= 11 is 2.95. The number of amides is 1. The molecule has 1 aliphatic carbocycles. The van der Waals surface area contributed by atoms with Gasteiger partial charge in [0.1, 0.15) is 0 Å². The van der Waals surface area contributed by atoms with Crippen molar-refractivity contribution >= 4 is 39.8 Å². The fourth-order valence-corrected chi connectivity index (χ4v) is 5.34. The topological polar surface area (TPSA) is 66.9 Å². The molecule has 0 saturated heterocycles. The van der Waals surface area contributed by atoms with Crippen LogP contribution in [0.1, 0.15) is 45.6 Å². The van der Waals surface area contributed by atoms with Crippen molar-refractivity contribution in [1.82, 2.24) is 15.5 Å². The highest BCUT2D eigenvalue weighted by atomic mass is 32.2. The number of benzene rings is 1. The number of carbonyl (C=O) groups excluding carboxylic acids is 1. The molecule has 146 valence electrons. The second kappa shape index (κ2) is 9.06. The zero-order valence-electron chi connectivity index (χ0n) is 16.4. The monoisotopic (exact) mass is 404 g/mol. The molecule has 4 atom stereocenters. The molecule has 0 radical (unpaired) electrons. The van der Waals surface area contributed by atoms with Crippen molar-refractivity contribution in [3.8, 4) is 0 Å². The van der Waals surface area contributed by atoms with Crippen LogP contribution in [0, 0.1) is 18.8 Å². The molecule has 1 aromatic heterocycles. The first-order valence-corrected chi connectivity index (χ1v) is 11.3. The summed E-state index contributed by atoms with van der Waals surface area (Å²) in [6.45, 7) is 8.53. The van der Waals surface area contributed by atoms with Gasteiger partial charge < -0.3 is 10.6 Å². The van der Waals surface area contributed by atoms with Crippen LogP contribution in [0.15, 0.2) is 28.6 Å². The lowest BCUT2D eigenvalue weighted by molar-refractivity contribution is -0.121. The fraction of sp³-hybridized carbons (Fsp3) is 0.550. The van der Waals surface area contributed by atoms with E-state index in [0.717, 1.165) is 27.1 Å². The van der Waals surface area contributed by atoms with Crippen molar-refractivity contribution in [2.45, 2.75) is 62.6 Å². The van der Waals surface area contributed by atoms with Crippen LogP contribution in [0.25, 0.3) is 0 Å². The molecule has 2 N–H and O–H groups in total. The molecule has 1 saturated carbocycles. The zero-order valence-corrected chi connectivity index (χ0v) is 18.0. The van der Waals surface area contributed by atoms with Crippen molar-refractivity contribution in [2.75, 3.05) is 5.32 Å². The highest BCUT2D eigenvalue weighted by molar-refractivity contribution is 8.02. The van der Waals surface area contributed by atoms with Gasteiger partial charge in [-0.1, -0.05) is 68.0 Å². The number of rotatable bonds is 6. The number of anilines is 2. The summed E-state index contributed by atoms with van der Waals surface area (Å²) in [7, 11) is 0. The van der Waals surface area contributed by atoms with Crippen LogP contribution in [0.2, 0.25) is 0 Å². The third kappa shape index (κ3) is 5.23. The SMILES string of the molecule is Cc1ccccc1Nc1nnc(S[C@@H](C)C(=O)N[C@H]2CCC[C@H](C)[C@@H]2C)s1. The van der Waals surface area contributed by atoms with E-state index in [1.54, 1.807) is 0 Å². The highest BCUT2D eigenvalue weighted by Crippen LogP contribution is 2.32. The Labute approximate surface area is 169 Å². The van der Waals surface area contributed by atoms with E-state index in [2.05, 4.69) is 47.7 Å². The first kappa shape index (κ1) is 20.1. The van der Waals surface area contributed by atoms with Gasteiger partial charge in [0.15, 0.2) is 4.34 Å². The van der Waals surface area contributed by atoms with Crippen LogP contribution in [0.4, 0.5) is 10.8 Å². The molecular weight excluding hydrogens is 376 g/mol. The third-order valence-corrected chi connectivity index (χ3v) is 7.50. The molecule has 0 unspecified atom stereocenters. The number of carbonyl (C=O) groups is 1. The van der Waals surface area contributed by atoms with Gasteiger partial charge in [0, 0.05) is 11.7 Å². The van der Waals surface area contributed by atoms with Crippen molar-refractivity contribution < 1.29 is 4.79 Å². The minimum atomic E-state index is -0.186. The van der Waals surface area contributed by atoms with Crippen LogP contribution in [-0.4, -0.2) is 27.4 Å². The molecule has 5 nitrogen and oxygen atoms in total. The Morgan fingerprint density at radius 3 is 2.81 bits per heavy atom. The van der Waals surface area contributed by atoms with Crippen LogP contribution in [-0.2, 0) is 4.79 Å². The molecule has 1 aliphatic rings. The first-order valence-electron chi connectivity index (χ1n) is 9.57. The average Bonchev–Trinajstić information content (AvgIpc) is 3.08. The maximum Gasteiger partial charge on any atom is 0.233 e. The number of nitrogens with zero attached hydrogens (tertiary/aromatic N) is 2. The number of nitrogens with one attached hydrogen (secondary N) is 2. The van der Waals surface area contributed by atoms with Crippen LogP contribution >= 0.6 is 23.1 Å². The number of hydrogen-bond donors (Lipinski definition) is 2. The number of hydrogen-bond acceptors (Lipinski definition) is 6. The summed E-state index contributed by atoms with van der Waals surface area (Å²) in [4.78, 5) is 12.6. The predicted molar refractivity (Wildman–Crippen MR) is 114 cm³/mol. The van der Waals surface area contributed by atoms with Gasteiger partial charge in [-0.25, -0.2) is 0 Å². The van der Waals surface area contributed by atoms with Gasteiger partial charge in [-0.05, 0) is 43.7 Å². The Kier molecular flexibility index (Phi) is 6.76. The summed E-state index contributed by atoms with van der Waals surface area (Å²) in [5, 5.41) is 15.5.